The first-order valence-electron chi connectivity index (χ1n) is 6.44. The van der Waals surface area contributed by atoms with E-state index in [1.807, 2.05) is 13.8 Å². The highest BCUT2D eigenvalue weighted by atomic mass is 31.2. The Kier molecular flexibility index (Phi) is 6.22. The Morgan fingerprint density at radius 2 is 2.05 bits per heavy atom. The Labute approximate surface area is 122 Å². The van der Waals surface area contributed by atoms with Crippen molar-refractivity contribution in [2.75, 3.05) is 12.1 Å². The van der Waals surface area contributed by atoms with Crippen molar-refractivity contribution < 1.29 is 19.1 Å². The van der Waals surface area contributed by atoms with Gasteiger partial charge in [-0.05, 0) is 6.92 Å². The highest BCUT2D eigenvalue weighted by Gasteiger charge is 2.16. The van der Waals surface area contributed by atoms with Crippen LogP contribution in [0.25, 0.3) is 11.2 Å². The second-order valence-corrected chi connectivity index (χ2v) is 5.69. The number of anilines is 1. The highest BCUT2D eigenvalue weighted by Crippen LogP contribution is 2.34. The van der Waals surface area contributed by atoms with E-state index in [1.165, 1.54) is 12.7 Å². The number of aromatic nitrogens is 4. The molecule has 2 aromatic rings. The van der Waals surface area contributed by atoms with Gasteiger partial charge in [0.25, 0.3) is 0 Å². The molecule has 0 amide bonds. The average molecular weight is 317 g/mol. The third-order valence-corrected chi connectivity index (χ3v) is 2.90. The topological polar surface area (TPSA) is 136 Å². The lowest BCUT2D eigenvalue weighted by molar-refractivity contribution is 0.0764. The van der Waals surface area contributed by atoms with E-state index in [1.54, 1.807) is 11.5 Å². The molecule has 10 heteroatoms. The normalized spacial score (nSPS) is 12.8. The monoisotopic (exact) mass is 317 g/mol. The first-order chi connectivity index (χ1) is 9.87. The molecule has 2 rings (SSSR count). The van der Waals surface area contributed by atoms with Crippen molar-refractivity contribution in [3.8, 4) is 0 Å². The minimum atomic E-state index is -4.16. The van der Waals surface area contributed by atoms with Crippen LogP contribution in [0.2, 0.25) is 0 Å². The highest BCUT2D eigenvalue weighted by molar-refractivity contribution is 7.51. The number of nitrogens with two attached hydrogens (primary N) is 1. The third-order valence-electron chi connectivity index (χ3n) is 2.41. The van der Waals surface area contributed by atoms with Gasteiger partial charge in [0.15, 0.2) is 11.5 Å². The lowest BCUT2D eigenvalue weighted by Gasteiger charge is -2.14. The average Bonchev–Trinajstić information content (AvgIpc) is 2.83. The van der Waals surface area contributed by atoms with E-state index in [0.717, 1.165) is 0 Å². The van der Waals surface area contributed by atoms with Gasteiger partial charge in [0, 0.05) is 0 Å². The molecule has 0 radical (unpaired) electrons. The smallest absolute Gasteiger partial charge is 0.350 e. The fourth-order valence-electron chi connectivity index (χ4n) is 1.59. The van der Waals surface area contributed by atoms with Gasteiger partial charge in [-0.2, -0.15) is 0 Å². The second kappa shape index (κ2) is 7.46. The first-order valence-corrected chi connectivity index (χ1v) is 8.24. The molecule has 0 unspecified atom stereocenters. The maximum atomic E-state index is 10.7. The largest absolute Gasteiger partial charge is 0.382 e. The lowest BCUT2D eigenvalue weighted by Crippen LogP contribution is -2.17. The Morgan fingerprint density at radius 3 is 2.67 bits per heavy atom. The van der Waals surface area contributed by atoms with Crippen LogP contribution in [0.15, 0.2) is 12.7 Å². The van der Waals surface area contributed by atoms with Crippen LogP contribution in [0.1, 0.15) is 20.8 Å². The summed E-state index contributed by atoms with van der Waals surface area (Å²) in [7, 11) is -4.16. The minimum absolute atomic E-state index is 0.285. The standard InChI is InChI=1S/C9H14N5O4P.C2H6/c1-6(18-5-19(15,16)17)2-14-4-13-7-8(10)11-3-12-9(7)14;1-2/h3-4,6H,2,5H2,1H3,(H2,10,11,12)(H2,15,16,17);1-2H3/t6-;/m0./s1. The Bertz CT molecular complexity index is 626. The van der Waals surface area contributed by atoms with Crippen LogP contribution in [-0.4, -0.2) is 41.8 Å². The predicted octanol–water partition coefficient (Wildman–Crippen LogP) is 0.975. The number of rotatable bonds is 5. The molecule has 0 aliphatic carbocycles. The summed E-state index contributed by atoms with van der Waals surface area (Å²) in [5.74, 6) is 0.285. The van der Waals surface area contributed by atoms with E-state index in [9.17, 15) is 4.57 Å². The minimum Gasteiger partial charge on any atom is -0.382 e. The summed E-state index contributed by atoms with van der Waals surface area (Å²) < 4.78 is 17.5. The van der Waals surface area contributed by atoms with E-state index in [2.05, 4.69) is 15.0 Å². The Balaban J connectivity index is 0.00000106. The van der Waals surface area contributed by atoms with Gasteiger partial charge < -0.3 is 24.8 Å². The molecule has 1 atom stereocenters. The maximum Gasteiger partial charge on any atom is 0.350 e. The molecular weight excluding hydrogens is 297 g/mol. The van der Waals surface area contributed by atoms with Gasteiger partial charge in [-0.25, -0.2) is 15.0 Å². The molecule has 2 aromatic heterocycles. The van der Waals surface area contributed by atoms with Crippen LogP contribution in [0.5, 0.6) is 0 Å². The second-order valence-electron chi connectivity index (χ2n) is 4.10. The summed E-state index contributed by atoms with van der Waals surface area (Å²) in [6.45, 7) is 6.05. The fraction of sp³-hybridized carbons (Fsp3) is 0.545. The van der Waals surface area contributed by atoms with Gasteiger partial charge in [0.2, 0.25) is 0 Å². The predicted molar refractivity (Wildman–Crippen MR) is 78.5 cm³/mol. The summed E-state index contributed by atoms with van der Waals surface area (Å²) in [6.07, 6.45) is 1.85. The van der Waals surface area contributed by atoms with Gasteiger partial charge >= 0.3 is 7.60 Å². The fourth-order valence-corrected chi connectivity index (χ4v) is 2.04. The van der Waals surface area contributed by atoms with E-state index in [4.69, 9.17) is 20.3 Å². The molecule has 9 nitrogen and oxygen atoms in total. The van der Waals surface area contributed by atoms with Crippen LogP contribution in [0.4, 0.5) is 5.82 Å². The summed E-state index contributed by atoms with van der Waals surface area (Å²) in [5, 5.41) is 0. The van der Waals surface area contributed by atoms with Gasteiger partial charge in [0.05, 0.1) is 19.0 Å². The molecule has 0 saturated heterocycles. The molecule has 0 aliphatic rings. The van der Waals surface area contributed by atoms with Crippen LogP contribution < -0.4 is 5.73 Å². The Hall–Kier alpha value is -1.54. The molecule has 0 aromatic carbocycles. The summed E-state index contributed by atoms with van der Waals surface area (Å²) in [4.78, 5) is 29.4. The van der Waals surface area contributed by atoms with Crippen LogP contribution in [-0.2, 0) is 15.8 Å². The molecule has 4 N–H and O–H groups in total. The number of nitrogens with zero attached hydrogens (tertiary/aromatic N) is 4. The van der Waals surface area contributed by atoms with Gasteiger partial charge in [-0.15, -0.1) is 0 Å². The van der Waals surface area contributed by atoms with Crippen LogP contribution in [0, 0.1) is 0 Å². The molecule has 0 spiro atoms. The summed E-state index contributed by atoms with van der Waals surface area (Å²) >= 11 is 0. The molecule has 0 aliphatic heterocycles. The number of fused-ring (bicyclic) bond motifs is 1. The van der Waals surface area contributed by atoms with E-state index in [0.29, 0.717) is 17.7 Å². The lowest BCUT2D eigenvalue weighted by atomic mass is 10.4. The van der Waals surface area contributed by atoms with E-state index in [-0.39, 0.29) is 5.82 Å². The van der Waals surface area contributed by atoms with Crippen molar-refractivity contribution in [3.05, 3.63) is 12.7 Å². The van der Waals surface area contributed by atoms with E-state index < -0.39 is 20.0 Å². The molecule has 21 heavy (non-hydrogen) atoms. The van der Waals surface area contributed by atoms with Gasteiger partial charge in [-0.1, -0.05) is 13.8 Å². The zero-order valence-electron chi connectivity index (χ0n) is 12.2. The van der Waals surface area contributed by atoms with E-state index >= 15 is 0 Å². The Morgan fingerprint density at radius 1 is 1.38 bits per heavy atom. The molecular formula is C11H20N5O4P. The van der Waals surface area contributed by atoms with Gasteiger partial charge in [0.1, 0.15) is 18.2 Å². The number of hydrogen-bond acceptors (Lipinski definition) is 6. The number of nitrogen functional groups attached to an aromatic ring is 1. The molecule has 0 bridgehead atoms. The van der Waals surface area contributed by atoms with Crippen molar-refractivity contribution in [2.24, 2.45) is 0 Å². The zero-order chi connectivity index (χ0) is 16.0. The van der Waals surface area contributed by atoms with Crippen molar-refractivity contribution in [1.29, 1.82) is 0 Å². The molecule has 0 fully saturated rings. The van der Waals surface area contributed by atoms with Crippen molar-refractivity contribution in [2.45, 2.75) is 33.4 Å². The number of hydrogen-bond donors (Lipinski definition) is 3. The zero-order valence-corrected chi connectivity index (χ0v) is 13.1. The van der Waals surface area contributed by atoms with Crippen LogP contribution >= 0.6 is 7.60 Å². The summed E-state index contributed by atoms with van der Waals surface area (Å²) in [6, 6.07) is 0. The van der Waals surface area contributed by atoms with Crippen molar-refractivity contribution >= 4 is 24.6 Å². The molecule has 0 saturated carbocycles. The molecule has 118 valence electrons. The number of ether oxygens (including phenoxy) is 1. The first kappa shape index (κ1) is 17.5. The maximum absolute atomic E-state index is 10.7. The van der Waals surface area contributed by atoms with Crippen LogP contribution in [0.3, 0.4) is 0 Å². The SMILES string of the molecule is CC.C[C@@H](Cn1cnc2c(N)ncnc21)OCP(=O)(O)O. The summed E-state index contributed by atoms with van der Waals surface area (Å²) in [5.41, 5.74) is 6.70. The number of imidazole rings is 1. The quantitative estimate of drug-likeness (QED) is 0.694. The van der Waals surface area contributed by atoms with Gasteiger partial charge in [-0.3, -0.25) is 4.57 Å². The molecule has 2 heterocycles. The van der Waals surface area contributed by atoms with Crippen molar-refractivity contribution in [1.82, 2.24) is 19.5 Å². The van der Waals surface area contributed by atoms with Crippen molar-refractivity contribution in [3.63, 3.8) is 0 Å². The third kappa shape index (κ3) is 5.05.